The Balaban J connectivity index is 1.82. The van der Waals surface area contributed by atoms with Gasteiger partial charge >= 0.3 is 0 Å². The summed E-state index contributed by atoms with van der Waals surface area (Å²) in [6.45, 7) is 1.07. The van der Waals surface area contributed by atoms with Gasteiger partial charge in [0, 0.05) is 23.6 Å². The summed E-state index contributed by atoms with van der Waals surface area (Å²) in [6.07, 6.45) is 1.85. The number of amides is 1. The summed E-state index contributed by atoms with van der Waals surface area (Å²) in [7, 11) is 1.51. The number of ether oxygens (including phenoxy) is 2. The minimum atomic E-state index is -0.583. The van der Waals surface area contributed by atoms with Crippen LogP contribution < -0.4 is 15.6 Å². The Morgan fingerprint density at radius 1 is 1.33 bits per heavy atom. The molecule has 1 saturated heterocycles. The number of halogens is 2. The Bertz CT molecular complexity index is 1160. The van der Waals surface area contributed by atoms with Gasteiger partial charge in [0.15, 0.2) is 11.3 Å². The number of para-hydroxylation sites is 1. The quantitative estimate of drug-likeness (QED) is 0.652. The average Bonchev–Trinajstić information content (AvgIpc) is 3.27. The molecular weight excluding hydrogens is 411 g/mol. The number of rotatable bonds is 5. The van der Waals surface area contributed by atoms with Crippen molar-refractivity contribution in [3.05, 3.63) is 64.4 Å². The summed E-state index contributed by atoms with van der Waals surface area (Å²) >= 11 is 5.98. The largest absolute Gasteiger partial charge is 0.493 e. The van der Waals surface area contributed by atoms with Crippen molar-refractivity contribution in [2.75, 3.05) is 20.3 Å². The summed E-state index contributed by atoms with van der Waals surface area (Å²) < 4.78 is 31.1. The highest BCUT2D eigenvalue weighted by Crippen LogP contribution is 2.26. The number of nitrogens with zero attached hydrogens (tertiary/aromatic N) is 1. The van der Waals surface area contributed by atoms with Gasteiger partial charge in [0.25, 0.3) is 5.91 Å². The zero-order chi connectivity index (χ0) is 21.1. The van der Waals surface area contributed by atoms with Crippen LogP contribution >= 0.6 is 11.6 Å². The van der Waals surface area contributed by atoms with Crippen molar-refractivity contribution in [3.8, 4) is 5.75 Å². The van der Waals surface area contributed by atoms with Gasteiger partial charge in [-0.05, 0) is 43.2 Å². The minimum Gasteiger partial charge on any atom is -0.493 e. The predicted octanol–water partition coefficient (Wildman–Crippen LogP) is 4.38. The number of methoxy groups -OCH3 is 1. The van der Waals surface area contributed by atoms with E-state index in [0.29, 0.717) is 34.9 Å². The SMILES string of the molecule is COc1cccc2cc(C(=O)NCC3CCCO3)c(=Nc3cc(Cl)ccc3F)oc12. The number of carbonyl (C=O) groups is 1. The molecule has 0 bridgehead atoms. The summed E-state index contributed by atoms with van der Waals surface area (Å²) in [4.78, 5) is 17.2. The summed E-state index contributed by atoms with van der Waals surface area (Å²) in [5.74, 6) is -0.498. The molecule has 0 aliphatic carbocycles. The third-order valence-corrected chi connectivity index (χ3v) is 5.08. The summed E-state index contributed by atoms with van der Waals surface area (Å²) in [5.41, 5.74) is 0.497. The first kappa shape index (κ1) is 20.4. The molecule has 0 saturated carbocycles. The van der Waals surface area contributed by atoms with Gasteiger partial charge in [-0.25, -0.2) is 9.38 Å². The highest BCUT2D eigenvalue weighted by molar-refractivity contribution is 6.30. The molecule has 8 heteroatoms. The molecular formula is C22H20ClFN2O4. The van der Waals surface area contributed by atoms with E-state index in [1.807, 2.05) is 0 Å². The van der Waals surface area contributed by atoms with E-state index in [4.69, 9.17) is 25.5 Å². The highest BCUT2D eigenvalue weighted by Gasteiger charge is 2.19. The van der Waals surface area contributed by atoms with E-state index >= 15 is 0 Å². The Morgan fingerprint density at radius 3 is 2.97 bits per heavy atom. The molecule has 30 heavy (non-hydrogen) atoms. The summed E-state index contributed by atoms with van der Waals surface area (Å²) in [6, 6.07) is 11.0. The normalized spacial score (nSPS) is 16.8. The number of hydrogen-bond acceptors (Lipinski definition) is 5. The van der Waals surface area contributed by atoms with Gasteiger partial charge in [0.2, 0.25) is 5.55 Å². The molecule has 2 aromatic carbocycles. The van der Waals surface area contributed by atoms with E-state index in [9.17, 15) is 9.18 Å². The van der Waals surface area contributed by atoms with Crippen LogP contribution in [0.5, 0.6) is 5.75 Å². The van der Waals surface area contributed by atoms with E-state index in [-0.39, 0.29) is 28.8 Å². The molecule has 4 rings (SSSR count). The second-order valence-electron chi connectivity index (χ2n) is 6.90. The van der Waals surface area contributed by atoms with Crippen molar-refractivity contribution < 1.29 is 23.1 Å². The van der Waals surface area contributed by atoms with Crippen molar-refractivity contribution in [2.24, 2.45) is 4.99 Å². The molecule has 1 aromatic heterocycles. The number of carbonyl (C=O) groups excluding carboxylic acids is 1. The van der Waals surface area contributed by atoms with Crippen LogP contribution in [-0.2, 0) is 4.74 Å². The molecule has 1 unspecified atom stereocenters. The van der Waals surface area contributed by atoms with Crippen LogP contribution in [-0.4, -0.2) is 32.3 Å². The van der Waals surface area contributed by atoms with E-state index in [1.165, 1.54) is 25.3 Å². The van der Waals surface area contributed by atoms with Crippen molar-refractivity contribution in [2.45, 2.75) is 18.9 Å². The Morgan fingerprint density at radius 2 is 2.20 bits per heavy atom. The topological polar surface area (TPSA) is 73.1 Å². The zero-order valence-electron chi connectivity index (χ0n) is 16.3. The lowest BCUT2D eigenvalue weighted by atomic mass is 10.1. The van der Waals surface area contributed by atoms with Crippen LogP contribution in [0, 0.1) is 5.82 Å². The molecule has 1 aliphatic rings. The van der Waals surface area contributed by atoms with Gasteiger partial charge in [-0.15, -0.1) is 0 Å². The molecule has 1 N–H and O–H groups in total. The van der Waals surface area contributed by atoms with Gasteiger partial charge in [0.05, 0.1) is 13.2 Å². The molecule has 1 aliphatic heterocycles. The standard InChI is InChI=1S/C22H20ClFN2O4/c1-28-19-6-2-4-13-10-16(21(27)25-12-15-5-3-9-29-15)22(30-20(13)19)26-18-11-14(23)7-8-17(18)24/h2,4,6-8,10-11,15H,3,5,9,12H2,1H3,(H,25,27). The van der Waals surface area contributed by atoms with Crippen LogP contribution in [0.1, 0.15) is 23.2 Å². The maximum Gasteiger partial charge on any atom is 0.256 e. The lowest BCUT2D eigenvalue weighted by molar-refractivity contribution is 0.0854. The van der Waals surface area contributed by atoms with E-state index in [0.717, 1.165) is 12.8 Å². The van der Waals surface area contributed by atoms with Crippen molar-refractivity contribution in [1.29, 1.82) is 0 Å². The molecule has 1 atom stereocenters. The molecule has 3 aromatic rings. The Labute approximate surface area is 177 Å². The lowest BCUT2D eigenvalue weighted by Gasteiger charge is -2.12. The zero-order valence-corrected chi connectivity index (χ0v) is 17.0. The van der Waals surface area contributed by atoms with E-state index in [2.05, 4.69) is 10.3 Å². The first-order valence-corrected chi connectivity index (χ1v) is 9.93. The predicted molar refractivity (Wildman–Crippen MR) is 111 cm³/mol. The second-order valence-corrected chi connectivity index (χ2v) is 7.33. The fourth-order valence-corrected chi connectivity index (χ4v) is 3.49. The molecule has 6 nitrogen and oxygen atoms in total. The van der Waals surface area contributed by atoms with Gasteiger partial charge in [0.1, 0.15) is 17.1 Å². The molecule has 2 heterocycles. The second kappa shape index (κ2) is 8.85. The monoisotopic (exact) mass is 430 g/mol. The first-order chi connectivity index (χ1) is 14.5. The number of nitrogens with one attached hydrogen (secondary N) is 1. The highest BCUT2D eigenvalue weighted by atomic mass is 35.5. The van der Waals surface area contributed by atoms with E-state index in [1.54, 1.807) is 24.3 Å². The fourth-order valence-electron chi connectivity index (χ4n) is 3.32. The van der Waals surface area contributed by atoms with Gasteiger partial charge in [-0.3, -0.25) is 4.79 Å². The first-order valence-electron chi connectivity index (χ1n) is 9.55. The average molecular weight is 431 g/mol. The molecule has 0 spiro atoms. The van der Waals surface area contributed by atoms with Crippen molar-refractivity contribution in [3.63, 3.8) is 0 Å². The maximum atomic E-state index is 14.3. The van der Waals surface area contributed by atoms with Crippen LogP contribution in [0.25, 0.3) is 11.0 Å². The maximum absolute atomic E-state index is 14.3. The van der Waals surface area contributed by atoms with Crippen molar-refractivity contribution in [1.82, 2.24) is 5.32 Å². The fraction of sp³-hybridized carbons (Fsp3) is 0.273. The Hall–Kier alpha value is -2.90. The molecule has 0 radical (unpaired) electrons. The van der Waals surface area contributed by atoms with Crippen LogP contribution in [0.15, 0.2) is 51.9 Å². The molecule has 1 fully saturated rings. The smallest absolute Gasteiger partial charge is 0.256 e. The van der Waals surface area contributed by atoms with E-state index < -0.39 is 5.82 Å². The summed E-state index contributed by atoms with van der Waals surface area (Å²) in [5, 5.41) is 3.82. The van der Waals surface area contributed by atoms with Gasteiger partial charge in [-0.1, -0.05) is 23.7 Å². The third-order valence-electron chi connectivity index (χ3n) is 4.85. The molecule has 1 amide bonds. The minimum absolute atomic E-state index is 0.0165. The van der Waals surface area contributed by atoms with Crippen LogP contribution in [0.3, 0.4) is 0 Å². The van der Waals surface area contributed by atoms with Gasteiger partial charge < -0.3 is 19.2 Å². The number of hydrogen-bond donors (Lipinski definition) is 1. The van der Waals surface area contributed by atoms with Crippen molar-refractivity contribution >= 4 is 34.2 Å². The number of fused-ring (bicyclic) bond motifs is 1. The Kier molecular flexibility index (Phi) is 6.01. The third kappa shape index (κ3) is 4.32. The van der Waals surface area contributed by atoms with Crippen LogP contribution in [0.4, 0.5) is 10.1 Å². The molecule has 156 valence electrons. The number of benzene rings is 2. The lowest BCUT2D eigenvalue weighted by Crippen LogP contribution is -2.34. The van der Waals surface area contributed by atoms with Gasteiger partial charge in [-0.2, -0.15) is 0 Å². The van der Waals surface area contributed by atoms with Crippen LogP contribution in [0.2, 0.25) is 5.02 Å².